The standard InChI is InChI=1S/C66H43N7O/c1-5-18-42(19-6-1)61-67-62(43-20-7-2-8-21-43)69-65(68-61)51-29-16-27-47(39-51)46-26-15-28-50(38-46)52-31-17-33-59-60(52)55-41-49(35-37-58(55)74-59)48-34-36-57-54(40-48)53-30-13-14-32-56(53)73(57)66-71-63(44-22-9-3-10-23-44)70-64(72-66)45-24-11-4-12-25-45/h1-41,65H,(H,67,68,69). The number of aromatic nitrogens is 4. The van der Waals surface area contributed by atoms with Gasteiger partial charge in [-0.25, -0.2) is 15.0 Å². The Hall–Kier alpha value is -10.1. The van der Waals surface area contributed by atoms with Crippen LogP contribution in [0.4, 0.5) is 0 Å². The van der Waals surface area contributed by atoms with E-state index >= 15 is 0 Å². The third kappa shape index (κ3) is 7.69. The Bertz CT molecular complexity index is 4280. The number of fused-ring (bicyclic) bond motifs is 6. The van der Waals surface area contributed by atoms with Crippen LogP contribution >= 0.6 is 0 Å². The van der Waals surface area contributed by atoms with Crippen molar-refractivity contribution in [2.75, 3.05) is 0 Å². The fourth-order valence-electron chi connectivity index (χ4n) is 10.3. The third-order valence-electron chi connectivity index (χ3n) is 13.9. The number of para-hydroxylation sites is 1. The summed E-state index contributed by atoms with van der Waals surface area (Å²) >= 11 is 0. The van der Waals surface area contributed by atoms with Gasteiger partial charge in [0, 0.05) is 43.8 Å². The van der Waals surface area contributed by atoms with E-state index in [-0.39, 0.29) is 6.17 Å². The molecule has 1 aliphatic heterocycles. The molecule has 1 unspecified atom stereocenters. The highest BCUT2D eigenvalue weighted by Crippen LogP contribution is 2.41. The van der Waals surface area contributed by atoms with E-state index in [1.807, 2.05) is 97.1 Å². The normalized spacial score (nSPS) is 13.5. The quantitative estimate of drug-likeness (QED) is 0.156. The van der Waals surface area contributed by atoms with Gasteiger partial charge < -0.3 is 9.73 Å². The lowest BCUT2D eigenvalue weighted by Gasteiger charge is -2.24. The lowest BCUT2D eigenvalue weighted by molar-refractivity contribution is 0.669. The molecule has 10 aromatic carbocycles. The van der Waals surface area contributed by atoms with E-state index in [1.165, 1.54) is 0 Å². The fraction of sp³-hybridized carbons (Fsp3) is 0.0152. The number of hydrogen-bond acceptors (Lipinski definition) is 7. The second kappa shape index (κ2) is 18.0. The van der Waals surface area contributed by atoms with E-state index in [2.05, 4.69) is 162 Å². The van der Waals surface area contributed by atoms with Gasteiger partial charge >= 0.3 is 0 Å². The third-order valence-corrected chi connectivity index (χ3v) is 13.9. The first-order valence-corrected chi connectivity index (χ1v) is 24.8. The largest absolute Gasteiger partial charge is 0.456 e. The first-order valence-electron chi connectivity index (χ1n) is 24.8. The van der Waals surface area contributed by atoms with E-state index in [0.29, 0.717) is 23.4 Å². The van der Waals surface area contributed by atoms with Crippen molar-refractivity contribution in [3.05, 3.63) is 265 Å². The molecular formula is C66H43N7O. The van der Waals surface area contributed by atoms with Gasteiger partial charge in [0.1, 0.15) is 23.2 Å². The lowest BCUT2D eigenvalue weighted by Crippen LogP contribution is -2.33. The zero-order valence-electron chi connectivity index (χ0n) is 39.8. The van der Waals surface area contributed by atoms with E-state index in [0.717, 1.165) is 111 Å². The zero-order chi connectivity index (χ0) is 49.0. The van der Waals surface area contributed by atoms with Crippen LogP contribution in [0.2, 0.25) is 0 Å². The summed E-state index contributed by atoms with van der Waals surface area (Å²) < 4.78 is 8.76. The van der Waals surface area contributed by atoms with Crippen LogP contribution in [0.3, 0.4) is 0 Å². The van der Waals surface area contributed by atoms with Crippen molar-refractivity contribution in [1.82, 2.24) is 24.8 Å². The van der Waals surface area contributed by atoms with Crippen LogP contribution in [0.1, 0.15) is 22.9 Å². The highest BCUT2D eigenvalue weighted by molar-refractivity contribution is 6.15. The smallest absolute Gasteiger partial charge is 0.238 e. The van der Waals surface area contributed by atoms with Crippen LogP contribution in [-0.2, 0) is 0 Å². The summed E-state index contributed by atoms with van der Waals surface area (Å²) in [6.45, 7) is 0. The van der Waals surface area contributed by atoms with Crippen LogP contribution < -0.4 is 5.32 Å². The maximum absolute atomic E-state index is 6.60. The number of hydrogen-bond donors (Lipinski definition) is 1. The lowest BCUT2D eigenvalue weighted by atomic mass is 9.94. The number of nitrogens with zero attached hydrogens (tertiary/aromatic N) is 6. The number of amidine groups is 2. The average Bonchev–Trinajstić information content (AvgIpc) is 4.03. The van der Waals surface area contributed by atoms with Crippen molar-refractivity contribution in [3.8, 4) is 62.1 Å². The van der Waals surface area contributed by atoms with Crippen LogP contribution in [0, 0.1) is 0 Å². The minimum atomic E-state index is -0.336. The Morgan fingerprint density at radius 2 is 0.932 bits per heavy atom. The molecule has 4 heterocycles. The van der Waals surface area contributed by atoms with Gasteiger partial charge in [-0.05, 0) is 87.5 Å². The summed E-state index contributed by atoms with van der Waals surface area (Å²) in [5.41, 5.74) is 15.2. The average molecular weight is 950 g/mol. The zero-order valence-corrected chi connectivity index (χ0v) is 39.8. The Kier molecular flexibility index (Phi) is 10.4. The van der Waals surface area contributed by atoms with Crippen LogP contribution in [0.15, 0.2) is 263 Å². The van der Waals surface area contributed by atoms with E-state index < -0.39 is 0 Å². The molecule has 0 saturated carbocycles. The van der Waals surface area contributed by atoms with E-state index in [9.17, 15) is 0 Å². The fourth-order valence-corrected chi connectivity index (χ4v) is 10.3. The number of nitrogens with one attached hydrogen (secondary N) is 1. The monoisotopic (exact) mass is 949 g/mol. The summed E-state index contributed by atoms with van der Waals surface area (Å²) in [5.74, 6) is 3.29. The molecule has 13 aromatic rings. The van der Waals surface area contributed by atoms with Crippen molar-refractivity contribution >= 4 is 55.4 Å². The summed E-state index contributed by atoms with van der Waals surface area (Å²) in [4.78, 5) is 25.4. The van der Waals surface area contributed by atoms with Crippen molar-refractivity contribution < 1.29 is 4.42 Å². The Labute approximate surface area is 426 Å². The summed E-state index contributed by atoms with van der Waals surface area (Å²) in [5, 5.41) is 7.98. The maximum atomic E-state index is 6.60. The molecule has 14 rings (SSSR count). The molecule has 1 aliphatic rings. The molecule has 3 aromatic heterocycles. The maximum Gasteiger partial charge on any atom is 0.238 e. The van der Waals surface area contributed by atoms with Crippen molar-refractivity contribution in [1.29, 1.82) is 0 Å². The topological polar surface area (TPSA) is 93.5 Å². The second-order valence-electron chi connectivity index (χ2n) is 18.5. The first-order chi connectivity index (χ1) is 36.6. The van der Waals surface area contributed by atoms with Gasteiger partial charge in [-0.3, -0.25) is 4.57 Å². The van der Waals surface area contributed by atoms with E-state index in [1.54, 1.807) is 0 Å². The molecule has 0 radical (unpaired) electrons. The molecule has 348 valence electrons. The highest BCUT2D eigenvalue weighted by Gasteiger charge is 2.23. The molecule has 8 nitrogen and oxygen atoms in total. The molecule has 1 N–H and O–H groups in total. The van der Waals surface area contributed by atoms with Gasteiger partial charge in [0.05, 0.1) is 11.0 Å². The predicted molar refractivity (Wildman–Crippen MR) is 300 cm³/mol. The summed E-state index contributed by atoms with van der Waals surface area (Å²) in [7, 11) is 0. The number of aliphatic imine (C=N–C) groups is 2. The Balaban J connectivity index is 0.834. The minimum Gasteiger partial charge on any atom is -0.456 e. The summed E-state index contributed by atoms with van der Waals surface area (Å²) in [6.07, 6.45) is -0.336. The molecule has 1 atom stereocenters. The van der Waals surface area contributed by atoms with Gasteiger partial charge in [0.25, 0.3) is 0 Å². The first kappa shape index (κ1) is 42.8. The Morgan fingerprint density at radius 1 is 0.378 bits per heavy atom. The van der Waals surface area contributed by atoms with Gasteiger partial charge in [-0.15, -0.1) is 0 Å². The van der Waals surface area contributed by atoms with E-state index in [4.69, 9.17) is 29.4 Å². The molecule has 0 fully saturated rings. The number of benzene rings is 10. The van der Waals surface area contributed by atoms with Crippen LogP contribution in [-0.4, -0.2) is 31.2 Å². The van der Waals surface area contributed by atoms with Gasteiger partial charge in [0.2, 0.25) is 5.95 Å². The van der Waals surface area contributed by atoms with Crippen LogP contribution in [0.25, 0.3) is 106 Å². The van der Waals surface area contributed by atoms with Crippen molar-refractivity contribution in [2.24, 2.45) is 9.98 Å². The van der Waals surface area contributed by atoms with Crippen molar-refractivity contribution in [2.45, 2.75) is 6.17 Å². The van der Waals surface area contributed by atoms with Gasteiger partial charge in [-0.1, -0.05) is 200 Å². The number of rotatable bonds is 9. The second-order valence-corrected chi connectivity index (χ2v) is 18.5. The highest BCUT2D eigenvalue weighted by atomic mass is 16.3. The SMILES string of the molecule is c1ccc(C2=NC(c3cccc(-c4cccc(-c5cccc6oc7ccc(-c8ccc9c(c8)c8ccccc8n9-c8nc(-c9ccccc9)nc(-c9ccccc9)n8)cc7c56)c4)c3)NC(c3ccccc3)=N2)cc1. The Morgan fingerprint density at radius 3 is 1.66 bits per heavy atom. The predicted octanol–water partition coefficient (Wildman–Crippen LogP) is 15.7. The van der Waals surface area contributed by atoms with Crippen LogP contribution in [0.5, 0.6) is 0 Å². The molecule has 0 amide bonds. The molecular weight excluding hydrogens is 907 g/mol. The number of furan rings is 1. The molecule has 0 spiro atoms. The minimum absolute atomic E-state index is 0.336. The molecule has 0 saturated heterocycles. The molecule has 0 bridgehead atoms. The van der Waals surface area contributed by atoms with Crippen molar-refractivity contribution in [3.63, 3.8) is 0 Å². The molecule has 8 heteroatoms. The molecule has 74 heavy (non-hydrogen) atoms. The summed E-state index contributed by atoms with van der Waals surface area (Å²) in [6, 6.07) is 86.1. The van der Waals surface area contributed by atoms with Gasteiger partial charge in [-0.2, -0.15) is 9.97 Å². The van der Waals surface area contributed by atoms with Gasteiger partial charge in [0.15, 0.2) is 17.5 Å². The molecule has 0 aliphatic carbocycles.